The zero-order valence-electron chi connectivity index (χ0n) is 38.5. The van der Waals surface area contributed by atoms with E-state index in [0.717, 1.165) is 51.4 Å². The largest absolute Gasteiger partial charge is 0.472 e. The van der Waals surface area contributed by atoms with Gasteiger partial charge >= 0.3 is 19.8 Å². The van der Waals surface area contributed by atoms with Crippen LogP contribution in [0.4, 0.5) is 0 Å². The van der Waals surface area contributed by atoms with Crippen LogP contribution >= 0.6 is 7.82 Å². The van der Waals surface area contributed by atoms with Crippen LogP contribution in [-0.2, 0) is 42.1 Å². The lowest BCUT2D eigenvalue weighted by Crippen LogP contribution is -2.63. The Morgan fingerprint density at radius 1 is 0.629 bits per heavy atom. The number of hydrogen-bond acceptors (Lipinski definition) is 14. The highest BCUT2D eigenvalue weighted by Crippen LogP contribution is 2.43. The van der Waals surface area contributed by atoms with Crippen molar-refractivity contribution in [3.05, 3.63) is 12.2 Å². The van der Waals surface area contributed by atoms with Gasteiger partial charge in [-0.3, -0.25) is 18.6 Å². The van der Waals surface area contributed by atoms with Gasteiger partial charge < -0.3 is 50.0 Å². The number of aliphatic hydroxyl groups is 4. The van der Waals surface area contributed by atoms with E-state index in [2.05, 4.69) is 26.0 Å². The molecule has 15 nitrogen and oxygen atoms in total. The zero-order chi connectivity index (χ0) is 45.7. The second-order valence-electron chi connectivity index (χ2n) is 16.9. The van der Waals surface area contributed by atoms with E-state index >= 15 is 0 Å². The molecule has 7 N–H and O–H groups in total. The van der Waals surface area contributed by atoms with Crippen LogP contribution in [0.2, 0.25) is 0 Å². The fraction of sp³-hybridized carbons (Fsp3) is 0.913. The van der Waals surface area contributed by atoms with Gasteiger partial charge in [0.15, 0.2) is 12.4 Å². The maximum absolute atomic E-state index is 12.9. The van der Waals surface area contributed by atoms with Crippen LogP contribution in [0.1, 0.15) is 194 Å². The quantitative estimate of drug-likeness (QED) is 0.0146. The van der Waals surface area contributed by atoms with E-state index in [0.29, 0.717) is 12.8 Å². The van der Waals surface area contributed by atoms with Gasteiger partial charge in [-0.2, -0.15) is 0 Å². The van der Waals surface area contributed by atoms with Gasteiger partial charge in [0.2, 0.25) is 0 Å². The van der Waals surface area contributed by atoms with Crippen molar-refractivity contribution in [3.8, 4) is 0 Å². The second kappa shape index (κ2) is 38.7. The lowest BCUT2D eigenvalue weighted by Gasteiger charge is -2.41. The van der Waals surface area contributed by atoms with E-state index in [1.54, 1.807) is 0 Å². The van der Waals surface area contributed by atoms with Crippen LogP contribution in [0.5, 0.6) is 0 Å². The van der Waals surface area contributed by atoms with Crippen LogP contribution in [0, 0.1) is 0 Å². The lowest BCUT2D eigenvalue weighted by atomic mass is 9.98. The molecule has 1 fully saturated rings. The highest BCUT2D eigenvalue weighted by atomic mass is 31.2. The fourth-order valence-corrected chi connectivity index (χ4v) is 7.97. The number of aliphatic hydroxyl groups excluding tert-OH is 4. The number of rotatable bonds is 42. The molecule has 1 aliphatic rings. The first-order valence-electron chi connectivity index (χ1n) is 24.2. The number of carbonyl (C=O) groups excluding carboxylic acids is 2. The van der Waals surface area contributed by atoms with Crippen LogP contribution in [-0.4, -0.2) is 113 Å². The summed E-state index contributed by atoms with van der Waals surface area (Å²) in [4.78, 5) is 35.9. The summed E-state index contributed by atoms with van der Waals surface area (Å²) in [6, 6.07) is -1.27. The summed E-state index contributed by atoms with van der Waals surface area (Å²) < 4.78 is 44.8. The second-order valence-corrected chi connectivity index (χ2v) is 18.4. The van der Waals surface area contributed by atoms with Gasteiger partial charge in [-0.15, -0.1) is 0 Å². The molecule has 0 aliphatic carbocycles. The van der Waals surface area contributed by atoms with Crippen molar-refractivity contribution in [1.29, 1.82) is 0 Å². The van der Waals surface area contributed by atoms with Crippen molar-refractivity contribution < 1.29 is 67.5 Å². The number of phosphoric acid groups is 1. The Hall–Kier alpha value is -1.49. The third kappa shape index (κ3) is 30.6. The minimum Gasteiger partial charge on any atom is -0.462 e. The molecule has 62 heavy (non-hydrogen) atoms. The first kappa shape index (κ1) is 58.5. The van der Waals surface area contributed by atoms with E-state index < -0.39 is 89.0 Å². The SMILES string of the molecule is CCCCCC/C=C\CCCCCCCCCC(=O)OC[C@H](COP(=O)(O)OC[C@H](CO)O[C@H]1O[C@H](CO)[C@@H](O)C(O)C1N)OC(=O)CCCCCCCCCCCCCCC. The van der Waals surface area contributed by atoms with Crippen LogP contribution in [0.25, 0.3) is 0 Å². The molecule has 8 atom stereocenters. The maximum Gasteiger partial charge on any atom is 0.472 e. The van der Waals surface area contributed by atoms with Gasteiger partial charge in [-0.1, -0.05) is 154 Å². The monoisotopic (exact) mass is 910 g/mol. The summed E-state index contributed by atoms with van der Waals surface area (Å²) in [7, 11) is -4.84. The van der Waals surface area contributed by atoms with E-state index in [4.69, 9.17) is 33.7 Å². The highest BCUT2D eigenvalue weighted by Gasteiger charge is 2.44. The fourth-order valence-electron chi connectivity index (χ4n) is 7.19. The van der Waals surface area contributed by atoms with E-state index in [1.165, 1.54) is 103 Å². The van der Waals surface area contributed by atoms with Gasteiger partial charge in [0.25, 0.3) is 0 Å². The summed E-state index contributed by atoms with van der Waals surface area (Å²) in [5.41, 5.74) is 5.88. The van der Waals surface area contributed by atoms with Crippen molar-refractivity contribution >= 4 is 19.8 Å². The number of unbranched alkanes of at least 4 members (excludes halogenated alkanes) is 23. The molecular weight excluding hydrogens is 821 g/mol. The number of allylic oxidation sites excluding steroid dienone is 2. The Morgan fingerprint density at radius 3 is 1.55 bits per heavy atom. The normalized spacial score (nSPS) is 21.2. The third-order valence-electron chi connectivity index (χ3n) is 11.2. The molecule has 0 spiro atoms. The molecule has 366 valence electrons. The summed E-state index contributed by atoms with van der Waals surface area (Å²) in [6.45, 7) is 1.40. The molecule has 0 aromatic rings. The summed E-state index contributed by atoms with van der Waals surface area (Å²) in [5, 5.41) is 39.5. The van der Waals surface area contributed by atoms with Crippen molar-refractivity contribution in [2.75, 3.05) is 33.0 Å². The van der Waals surface area contributed by atoms with E-state index in [9.17, 15) is 39.5 Å². The van der Waals surface area contributed by atoms with Gasteiger partial charge in [-0.25, -0.2) is 4.57 Å². The number of phosphoric ester groups is 1. The number of hydrogen-bond donors (Lipinski definition) is 6. The average molecular weight is 910 g/mol. The van der Waals surface area contributed by atoms with Crippen molar-refractivity contribution in [2.24, 2.45) is 5.73 Å². The average Bonchev–Trinajstić information content (AvgIpc) is 3.26. The minimum absolute atomic E-state index is 0.134. The van der Waals surface area contributed by atoms with Gasteiger partial charge in [-0.05, 0) is 38.5 Å². The third-order valence-corrected chi connectivity index (χ3v) is 12.1. The molecule has 1 rings (SSSR count). The van der Waals surface area contributed by atoms with Gasteiger partial charge in [0, 0.05) is 12.8 Å². The molecule has 0 aromatic heterocycles. The molecule has 0 amide bonds. The number of nitrogens with two attached hydrogens (primary N) is 1. The Bertz CT molecular complexity index is 1160. The van der Waals surface area contributed by atoms with Crippen molar-refractivity contribution in [3.63, 3.8) is 0 Å². The molecule has 16 heteroatoms. The summed E-state index contributed by atoms with van der Waals surface area (Å²) >= 11 is 0. The number of esters is 2. The standard InChI is InChI=1S/C46H88NO14P/c1-3-5-7-9-11-13-15-17-18-20-21-23-25-27-29-31-41(50)56-35-39(59-42(51)32-30-28-26-24-22-19-16-14-12-10-8-6-4-2)37-58-62(54,55)57-36-38(33-48)60-46-43(47)45(53)44(52)40(34-49)61-46/h13,15,38-40,43-46,48-49,52-53H,3-12,14,16-37,47H2,1-2H3,(H,54,55)/b15-13-/t38-,39+,40+,43?,44+,45?,46-/m0/s1. The maximum atomic E-state index is 12.9. The molecule has 1 aliphatic heterocycles. The van der Waals surface area contributed by atoms with E-state index in [-0.39, 0.29) is 19.4 Å². The number of carbonyl (C=O) groups is 2. The Labute approximate surface area is 373 Å². The topological polar surface area (TPSA) is 234 Å². The Balaban J connectivity index is 2.52. The first-order chi connectivity index (χ1) is 30.0. The molecule has 1 saturated heterocycles. The molecule has 0 bridgehead atoms. The summed E-state index contributed by atoms with van der Waals surface area (Å²) in [5.74, 6) is -1.02. The van der Waals surface area contributed by atoms with Crippen LogP contribution in [0.3, 0.4) is 0 Å². The first-order valence-corrected chi connectivity index (χ1v) is 25.7. The predicted molar refractivity (Wildman–Crippen MR) is 240 cm³/mol. The van der Waals surface area contributed by atoms with Crippen molar-refractivity contribution in [1.82, 2.24) is 0 Å². The van der Waals surface area contributed by atoms with Gasteiger partial charge in [0.05, 0.1) is 32.5 Å². The van der Waals surface area contributed by atoms with Crippen molar-refractivity contribution in [2.45, 2.75) is 236 Å². The molecule has 1 heterocycles. The van der Waals surface area contributed by atoms with Crippen LogP contribution < -0.4 is 5.73 Å². The Kier molecular flexibility index (Phi) is 36.6. The van der Waals surface area contributed by atoms with Crippen LogP contribution in [0.15, 0.2) is 12.2 Å². The minimum atomic E-state index is -4.84. The van der Waals surface area contributed by atoms with E-state index in [1.807, 2.05) is 0 Å². The predicted octanol–water partition coefficient (Wildman–Crippen LogP) is 8.24. The highest BCUT2D eigenvalue weighted by molar-refractivity contribution is 7.47. The molecule has 0 aromatic carbocycles. The smallest absolute Gasteiger partial charge is 0.462 e. The molecular formula is C46H88NO14P. The summed E-state index contributed by atoms with van der Waals surface area (Å²) in [6.07, 6.45) is 26.7. The zero-order valence-corrected chi connectivity index (χ0v) is 39.4. The molecule has 0 radical (unpaired) electrons. The van der Waals surface area contributed by atoms with Gasteiger partial charge in [0.1, 0.15) is 31.0 Å². The molecule has 0 saturated carbocycles. The number of ether oxygens (including phenoxy) is 4. The Morgan fingerprint density at radius 2 is 1.06 bits per heavy atom. The molecule has 3 unspecified atom stereocenters. The lowest BCUT2D eigenvalue weighted by molar-refractivity contribution is -0.282.